The van der Waals surface area contributed by atoms with Crippen LogP contribution in [-0.2, 0) is 6.54 Å². The molecule has 1 aromatic rings. The molecule has 2 nitrogen and oxygen atoms in total. The smallest absolute Gasteiger partial charge is 0.105 e. The third-order valence-electron chi connectivity index (χ3n) is 4.08. The van der Waals surface area contributed by atoms with Gasteiger partial charge in [0.1, 0.15) is 6.54 Å². The fraction of sp³-hybridized carbons (Fsp3) is 0.538. The summed E-state index contributed by atoms with van der Waals surface area (Å²) in [5.41, 5.74) is 1.39. The average molecular weight is 238 g/mol. The van der Waals surface area contributed by atoms with Gasteiger partial charge >= 0.3 is 0 Å². The molecular weight excluding hydrogens is 220 g/mol. The zero-order chi connectivity index (χ0) is 11.0. The van der Waals surface area contributed by atoms with Crippen molar-refractivity contribution in [3.05, 3.63) is 34.9 Å². The molecule has 3 fully saturated rings. The molecule has 2 bridgehead atoms. The molecular formula is C13H18ClN2+. The van der Waals surface area contributed by atoms with Crippen LogP contribution in [0.5, 0.6) is 0 Å². The third-order valence-corrected chi connectivity index (χ3v) is 4.31. The van der Waals surface area contributed by atoms with Gasteiger partial charge in [0.15, 0.2) is 0 Å². The Morgan fingerprint density at radius 2 is 1.81 bits per heavy atom. The second-order valence-corrected chi connectivity index (χ2v) is 5.58. The Hall–Kier alpha value is -0.570. The number of fused-ring (bicyclic) bond motifs is 3. The molecule has 3 saturated heterocycles. The Morgan fingerprint density at radius 1 is 1.12 bits per heavy atom. The van der Waals surface area contributed by atoms with Crippen molar-refractivity contribution in [2.24, 2.45) is 0 Å². The molecule has 0 radical (unpaired) electrons. The molecule has 86 valence electrons. The van der Waals surface area contributed by atoms with Crippen LogP contribution in [-0.4, -0.2) is 48.7 Å². The van der Waals surface area contributed by atoms with Crippen molar-refractivity contribution in [3.63, 3.8) is 0 Å². The van der Waals surface area contributed by atoms with Gasteiger partial charge in [0.25, 0.3) is 0 Å². The van der Waals surface area contributed by atoms with Crippen molar-refractivity contribution in [1.82, 2.24) is 4.90 Å². The van der Waals surface area contributed by atoms with Gasteiger partial charge in [0.05, 0.1) is 19.6 Å². The molecule has 0 amide bonds. The van der Waals surface area contributed by atoms with E-state index in [0.717, 1.165) is 11.6 Å². The SMILES string of the molecule is Clc1cccc(C[N+]23CCN(CC2)CC3)c1. The van der Waals surface area contributed by atoms with Gasteiger partial charge in [-0.2, -0.15) is 0 Å². The van der Waals surface area contributed by atoms with Crippen LogP contribution in [0.25, 0.3) is 0 Å². The highest BCUT2D eigenvalue weighted by Crippen LogP contribution is 2.24. The number of halogens is 1. The van der Waals surface area contributed by atoms with Gasteiger partial charge in [-0.05, 0) is 12.1 Å². The third kappa shape index (κ3) is 1.97. The first-order chi connectivity index (χ1) is 7.76. The fourth-order valence-corrected chi connectivity index (χ4v) is 3.20. The van der Waals surface area contributed by atoms with Crippen LogP contribution < -0.4 is 0 Å². The zero-order valence-corrected chi connectivity index (χ0v) is 10.3. The maximum absolute atomic E-state index is 6.05. The first kappa shape index (κ1) is 10.6. The second kappa shape index (κ2) is 4.02. The number of piperazine rings is 3. The summed E-state index contributed by atoms with van der Waals surface area (Å²) in [7, 11) is 0. The van der Waals surface area contributed by atoms with E-state index >= 15 is 0 Å². The van der Waals surface area contributed by atoms with Crippen LogP contribution in [0, 0.1) is 0 Å². The summed E-state index contributed by atoms with van der Waals surface area (Å²) in [4.78, 5) is 2.58. The Morgan fingerprint density at radius 3 is 2.44 bits per heavy atom. The van der Waals surface area contributed by atoms with E-state index in [1.807, 2.05) is 6.07 Å². The van der Waals surface area contributed by atoms with Gasteiger partial charge < -0.3 is 4.48 Å². The molecule has 3 heteroatoms. The molecule has 0 unspecified atom stereocenters. The molecule has 0 saturated carbocycles. The minimum Gasteiger partial charge on any atom is -0.317 e. The van der Waals surface area contributed by atoms with Gasteiger partial charge in [-0.25, -0.2) is 0 Å². The lowest BCUT2D eigenvalue weighted by Gasteiger charge is -2.50. The lowest BCUT2D eigenvalue weighted by atomic mass is 10.1. The number of quaternary nitrogens is 1. The van der Waals surface area contributed by atoms with E-state index in [9.17, 15) is 0 Å². The number of benzene rings is 1. The molecule has 16 heavy (non-hydrogen) atoms. The zero-order valence-electron chi connectivity index (χ0n) is 9.53. The van der Waals surface area contributed by atoms with Crippen molar-refractivity contribution < 1.29 is 4.48 Å². The minimum atomic E-state index is 0.867. The Bertz CT molecular complexity index is 369. The standard InChI is InChI=1S/C13H18ClN2/c14-13-3-1-2-12(10-13)11-16-7-4-15(5-8-16)6-9-16/h1-3,10H,4-9,11H2/q+1. The number of hydrogen-bond donors (Lipinski definition) is 0. The molecule has 0 aliphatic carbocycles. The molecule has 4 rings (SSSR count). The molecule has 0 spiro atoms. The van der Waals surface area contributed by atoms with Gasteiger partial charge in [0, 0.05) is 30.2 Å². The van der Waals surface area contributed by atoms with Gasteiger partial charge in [-0.3, -0.25) is 4.90 Å². The van der Waals surface area contributed by atoms with Crippen LogP contribution in [0.2, 0.25) is 5.02 Å². The summed E-state index contributed by atoms with van der Waals surface area (Å²) >= 11 is 6.05. The summed E-state index contributed by atoms with van der Waals surface area (Å²) in [6.07, 6.45) is 0. The summed E-state index contributed by atoms with van der Waals surface area (Å²) < 4.78 is 1.27. The maximum atomic E-state index is 6.05. The van der Waals surface area contributed by atoms with Crippen molar-refractivity contribution >= 4 is 11.6 Å². The quantitative estimate of drug-likeness (QED) is 0.712. The van der Waals surface area contributed by atoms with E-state index in [1.54, 1.807) is 0 Å². The van der Waals surface area contributed by atoms with Gasteiger partial charge in [-0.1, -0.05) is 23.7 Å². The maximum Gasteiger partial charge on any atom is 0.105 e. The highest BCUT2D eigenvalue weighted by Gasteiger charge is 2.38. The first-order valence-corrected chi connectivity index (χ1v) is 6.46. The van der Waals surface area contributed by atoms with Gasteiger partial charge in [0.2, 0.25) is 0 Å². The highest BCUT2D eigenvalue weighted by atomic mass is 35.5. The molecule has 1 aromatic carbocycles. The van der Waals surface area contributed by atoms with Crippen LogP contribution in [0.15, 0.2) is 24.3 Å². The Balaban J connectivity index is 1.78. The summed E-state index contributed by atoms with van der Waals surface area (Å²) in [5.74, 6) is 0. The minimum absolute atomic E-state index is 0.867. The van der Waals surface area contributed by atoms with E-state index < -0.39 is 0 Å². The van der Waals surface area contributed by atoms with Crippen LogP contribution >= 0.6 is 11.6 Å². The molecule has 3 heterocycles. The fourth-order valence-electron chi connectivity index (χ4n) is 2.99. The van der Waals surface area contributed by atoms with E-state index in [1.165, 1.54) is 49.3 Å². The van der Waals surface area contributed by atoms with Crippen LogP contribution in [0.3, 0.4) is 0 Å². The predicted octanol–water partition coefficient (Wildman–Crippen LogP) is 1.99. The van der Waals surface area contributed by atoms with E-state index in [0.29, 0.717) is 0 Å². The predicted molar refractivity (Wildman–Crippen MR) is 66.5 cm³/mol. The summed E-state index contributed by atoms with van der Waals surface area (Å²) in [6.45, 7) is 8.93. The van der Waals surface area contributed by atoms with Crippen molar-refractivity contribution in [1.29, 1.82) is 0 Å². The molecule has 0 N–H and O–H groups in total. The topological polar surface area (TPSA) is 3.24 Å². The van der Waals surface area contributed by atoms with Crippen molar-refractivity contribution in [2.45, 2.75) is 6.54 Å². The highest BCUT2D eigenvalue weighted by molar-refractivity contribution is 6.30. The lowest BCUT2D eigenvalue weighted by Crippen LogP contribution is -2.66. The van der Waals surface area contributed by atoms with Crippen molar-refractivity contribution in [3.8, 4) is 0 Å². The summed E-state index contributed by atoms with van der Waals surface area (Å²) in [5, 5.41) is 0.867. The number of hydrogen-bond acceptors (Lipinski definition) is 1. The average Bonchev–Trinajstić information content (AvgIpc) is 2.31. The number of nitrogens with zero attached hydrogens (tertiary/aromatic N) is 2. The normalized spacial score (nSPS) is 32.9. The molecule has 3 aliphatic rings. The van der Waals surface area contributed by atoms with E-state index in [4.69, 9.17) is 11.6 Å². The largest absolute Gasteiger partial charge is 0.317 e. The monoisotopic (exact) mass is 237 g/mol. The Labute approximate surface area is 102 Å². The van der Waals surface area contributed by atoms with Gasteiger partial charge in [-0.15, -0.1) is 0 Å². The molecule has 3 aliphatic heterocycles. The number of rotatable bonds is 2. The molecule has 0 aromatic heterocycles. The first-order valence-electron chi connectivity index (χ1n) is 6.08. The van der Waals surface area contributed by atoms with E-state index in [-0.39, 0.29) is 0 Å². The Kier molecular flexibility index (Phi) is 2.66. The van der Waals surface area contributed by atoms with Crippen LogP contribution in [0.4, 0.5) is 0 Å². The van der Waals surface area contributed by atoms with E-state index in [2.05, 4.69) is 23.1 Å². The van der Waals surface area contributed by atoms with Crippen molar-refractivity contribution in [2.75, 3.05) is 39.3 Å². The van der Waals surface area contributed by atoms with Crippen LogP contribution in [0.1, 0.15) is 5.56 Å². The lowest BCUT2D eigenvalue weighted by molar-refractivity contribution is -0.953. The second-order valence-electron chi connectivity index (χ2n) is 5.14. The summed E-state index contributed by atoms with van der Waals surface area (Å²) in [6, 6.07) is 8.35. The molecule has 0 atom stereocenters.